The van der Waals surface area contributed by atoms with Gasteiger partial charge in [-0.2, -0.15) is 0 Å². The molecule has 0 bridgehead atoms. The molecule has 5 rings (SSSR count). The van der Waals surface area contributed by atoms with Crippen LogP contribution in [-0.2, 0) is 6.61 Å². The topological polar surface area (TPSA) is 57.9 Å². The van der Waals surface area contributed by atoms with Crippen LogP contribution in [0.3, 0.4) is 0 Å². The lowest BCUT2D eigenvalue weighted by molar-refractivity contribution is 0.299. The van der Waals surface area contributed by atoms with Crippen LogP contribution < -0.4 is 19.6 Å². The minimum Gasteiger partial charge on any atom is -0.493 e. The third-order valence-corrected chi connectivity index (χ3v) is 6.29. The maximum absolute atomic E-state index is 13.5. The lowest BCUT2D eigenvalue weighted by Gasteiger charge is -2.15. The van der Waals surface area contributed by atoms with E-state index in [4.69, 9.17) is 18.6 Å². The predicted molar refractivity (Wildman–Crippen MR) is 137 cm³/mol. The average molecular weight is 517 g/mol. The highest BCUT2D eigenvalue weighted by Gasteiger charge is 2.21. The normalized spacial score (nSPS) is 11.0. The van der Waals surface area contributed by atoms with Crippen molar-refractivity contribution in [3.63, 3.8) is 0 Å². The molecule has 0 unspecified atom stereocenters. The van der Waals surface area contributed by atoms with Crippen molar-refractivity contribution in [3.8, 4) is 28.6 Å². The first-order valence-electron chi connectivity index (χ1n) is 10.7. The van der Waals surface area contributed by atoms with Gasteiger partial charge in [0.1, 0.15) is 12.2 Å². The largest absolute Gasteiger partial charge is 0.493 e. The summed E-state index contributed by atoms with van der Waals surface area (Å²) in [4.78, 5) is 13.5. The molecule has 6 heteroatoms. The zero-order valence-electron chi connectivity index (χ0n) is 18.6. The van der Waals surface area contributed by atoms with Crippen LogP contribution in [0.1, 0.15) is 5.56 Å². The van der Waals surface area contributed by atoms with E-state index in [9.17, 15) is 4.79 Å². The lowest BCUT2D eigenvalue weighted by Crippen LogP contribution is -2.10. The second-order valence-corrected chi connectivity index (χ2v) is 8.56. The summed E-state index contributed by atoms with van der Waals surface area (Å²) in [7, 11) is 3.12. The van der Waals surface area contributed by atoms with E-state index in [2.05, 4.69) is 28.1 Å². The van der Waals surface area contributed by atoms with E-state index in [0.29, 0.717) is 38.3 Å². The van der Waals surface area contributed by atoms with Gasteiger partial charge in [0.25, 0.3) is 0 Å². The van der Waals surface area contributed by atoms with Crippen molar-refractivity contribution < 1.29 is 18.6 Å². The Labute approximate surface area is 204 Å². The lowest BCUT2D eigenvalue weighted by atomic mass is 10.1. The minimum absolute atomic E-state index is 0.144. The fourth-order valence-corrected chi connectivity index (χ4v) is 4.67. The van der Waals surface area contributed by atoms with Gasteiger partial charge in [0.2, 0.25) is 11.2 Å². The smallest absolute Gasteiger partial charge is 0.235 e. The number of hydrogen-bond acceptors (Lipinski definition) is 5. The second kappa shape index (κ2) is 9.23. The minimum atomic E-state index is -0.233. The average Bonchev–Trinajstić information content (AvgIpc) is 2.87. The molecule has 0 fully saturated rings. The van der Waals surface area contributed by atoms with Crippen molar-refractivity contribution in [2.75, 3.05) is 14.2 Å². The molecule has 0 saturated heterocycles. The first-order chi connectivity index (χ1) is 16.6. The van der Waals surface area contributed by atoms with Crippen LogP contribution in [0, 0.1) is 0 Å². The van der Waals surface area contributed by atoms with Crippen molar-refractivity contribution in [3.05, 3.63) is 99.1 Å². The molecule has 0 atom stereocenters. The van der Waals surface area contributed by atoms with Crippen molar-refractivity contribution in [2.45, 2.75) is 6.61 Å². The standard InChI is InChI=1S/C28H21BrO5/c1-31-24-15-19(14-22(29)27(24)32-2)26-28(25(30)21-12-5-6-13-23(21)34-26)33-16-18-10-7-9-17-8-3-4-11-20(17)18/h3-15H,16H2,1-2H3. The van der Waals surface area contributed by atoms with Gasteiger partial charge in [-0.05, 0) is 56.5 Å². The number of rotatable bonds is 6. The molecular weight excluding hydrogens is 496 g/mol. The highest BCUT2D eigenvalue weighted by molar-refractivity contribution is 9.10. The number of benzene rings is 4. The molecule has 0 N–H and O–H groups in total. The molecule has 0 spiro atoms. The highest BCUT2D eigenvalue weighted by Crippen LogP contribution is 2.42. The SMILES string of the molecule is COc1cc(-c2oc3ccccc3c(=O)c2OCc2cccc3ccccc23)cc(Br)c1OC. The Bertz CT molecular complexity index is 1570. The van der Waals surface area contributed by atoms with E-state index in [1.165, 1.54) is 0 Å². The van der Waals surface area contributed by atoms with Crippen LogP contribution in [0.5, 0.6) is 17.2 Å². The number of halogens is 1. The first kappa shape index (κ1) is 22.0. The zero-order valence-corrected chi connectivity index (χ0v) is 20.2. The Morgan fingerprint density at radius 2 is 1.56 bits per heavy atom. The number of ether oxygens (including phenoxy) is 3. The first-order valence-corrected chi connectivity index (χ1v) is 11.5. The Kier molecular flexibility index (Phi) is 5.99. The summed E-state index contributed by atoms with van der Waals surface area (Å²) in [5.41, 5.74) is 1.85. The summed E-state index contributed by atoms with van der Waals surface area (Å²) in [6.45, 7) is 0.214. The summed E-state index contributed by atoms with van der Waals surface area (Å²) >= 11 is 3.53. The molecule has 0 aliphatic heterocycles. The molecule has 0 amide bonds. The van der Waals surface area contributed by atoms with E-state index < -0.39 is 0 Å². The number of para-hydroxylation sites is 1. The summed E-state index contributed by atoms with van der Waals surface area (Å²) < 4.78 is 24.0. The molecule has 5 aromatic rings. The van der Waals surface area contributed by atoms with Gasteiger partial charge in [-0.25, -0.2) is 0 Å². The van der Waals surface area contributed by atoms with Gasteiger partial charge in [-0.3, -0.25) is 4.79 Å². The molecule has 1 aromatic heterocycles. The quantitative estimate of drug-likeness (QED) is 0.244. The van der Waals surface area contributed by atoms with Crippen molar-refractivity contribution in [2.24, 2.45) is 0 Å². The number of hydrogen-bond donors (Lipinski definition) is 0. The zero-order chi connectivity index (χ0) is 23.7. The van der Waals surface area contributed by atoms with Crippen LogP contribution in [-0.4, -0.2) is 14.2 Å². The van der Waals surface area contributed by atoms with Gasteiger partial charge in [0.15, 0.2) is 17.3 Å². The fourth-order valence-electron chi connectivity index (χ4n) is 4.06. The van der Waals surface area contributed by atoms with E-state index in [1.807, 2.05) is 42.5 Å². The van der Waals surface area contributed by atoms with Crippen molar-refractivity contribution in [1.29, 1.82) is 0 Å². The molecule has 170 valence electrons. The predicted octanol–water partition coefficient (Wildman–Crippen LogP) is 6.97. The number of methoxy groups -OCH3 is 2. The molecular formula is C28H21BrO5. The highest BCUT2D eigenvalue weighted by atomic mass is 79.9. The Morgan fingerprint density at radius 1 is 0.824 bits per heavy atom. The summed E-state index contributed by atoms with van der Waals surface area (Å²) in [5, 5.41) is 2.64. The molecule has 34 heavy (non-hydrogen) atoms. The van der Waals surface area contributed by atoms with Crippen LogP contribution >= 0.6 is 15.9 Å². The molecule has 0 saturated carbocycles. The Balaban J connectivity index is 1.67. The van der Waals surface area contributed by atoms with Crippen molar-refractivity contribution >= 4 is 37.7 Å². The van der Waals surface area contributed by atoms with Gasteiger partial charge in [-0.1, -0.05) is 54.6 Å². The van der Waals surface area contributed by atoms with Crippen LogP contribution in [0.4, 0.5) is 0 Å². The molecule has 0 radical (unpaired) electrons. The summed E-state index contributed by atoms with van der Waals surface area (Å²) in [6, 6.07) is 24.8. The van der Waals surface area contributed by atoms with Crippen molar-refractivity contribution in [1.82, 2.24) is 0 Å². The summed E-state index contributed by atoms with van der Waals surface area (Å²) in [6.07, 6.45) is 0. The van der Waals surface area contributed by atoms with E-state index in [-0.39, 0.29) is 17.8 Å². The maximum atomic E-state index is 13.5. The fraction of sp³-hybridized carbons (Fsp3) is 0.107. The summed E-state index contributed by atoms with van der Waals surface area (Å²) in [5.74, 6) is 1.52. The Morgan fingerprint density at radius 3 is 2.35 bits per heavy atom. The third-order valence-electron chi connectivity index (χ3n) is 5.70. The Hall–Kier alpha value is -3.77. The van der Waals surface area contributed by atoms with Crippen LogP contribution in [0.2, 0.25) is 0 Å². The molecule has 4 aromatic carbocycles. The molecule has 1 heterocycles. The van der Waals surface area contributed by atoms with Gasteiger partial charge in [-0.15, -0.1) is 0 Å². The van der Waals surface area contributed by atoms with Crippen LogP contribution in [0.25, 0.3) is 33.1 Å². The monoisotopic (exact) mass is 516 g/mol. The van der Waals surface area contributed by atoms with E-state index >= 15 is 0 Å². The van der Waals surface area contributed by atoms with E-state index in [1.54, 1.807) is 38.5 Å². The van der Waals surface area contributed by atoms with E-state index in [0.717, 1.165) is 16.3 Å². The van der Waals surface area contributed by atoms with Gasteiger partial charge >= 0.3 is 0 Å². The third kappa shape index (κ3) is 3.90. The molecule has 0 aliphatic carbocycles. The second-order valence-electron chi connectivity index (χ2n) is 7.71. The van der Waals surface area contributed by atoms with Gasteiger partial charge in [0.05, 0.1) is 24.1 Å². The maximum Gasteiger partial charge on any atom is 0.235 e. The molecule has 5 nitrogen and oxygen atoms in total. The van der Waals surface area contributed by atoms with Gasteiger partial charge in [0, 0.05) is 5.56 Å². The number of fused-ring (bicyclic) bond motifs is 2. The molecule has 0 aliphatic rings. The van der Waals surface area contributed by atoms with Crippen LogP contribution in [0.15, 0.2) is 92.5 Å². The van der Waals surface area contributed by atoms with Gasteiger partial charge < -0.3 is 18.6 Å².